The fourth-order valence-electron chi connectivity index (χ4n) is 0.901. The third kappa shape index (κ3) is 2.53. The van der Waals surface area contributed by atoms with Crippen LogP contribution in [-0.4, -0.2) is 24.7 Å². The fraction of sp³-hybridized carbons (Fsp3) is 0. The number of nitrogens with one attached hydrogen (secondary N) is 1. The Morgan fingerprint density at radius 1 is 1.40 bits per heavy atom. The van der Waals surface area contributed by atoms with E-state index in [9.17, 15) is 13.2 Å². The maximum absolute atomic E-state index is 11.2. The Balaban J connectivity index is 3.32. The lowest BCUT2D eigenvalue weighted by Crippen LogP contribution is -2.19. The first-order valence-electron chi connectivity index (χ1n) is 3.57. The molecule has 0 bridgehead atoms. The van der Waals surface area contributed by atoms with E-state index < -0.39 is 16.0 Å². The molecule has 1 aromatic carbocycles. The van der Waals surface area contributed by atoms with Crippen molar-refractivity contribution in [2.24, 2.45) is 0 Å². The Hall–Kier alpha value is -0.960. The van der Waals surface area contributed by atoms with Gasteiger partial charge < -0.3 is 10.3 Å². The molecule has 0 aromatic heterocycles. The summed E-state index contributed by atoms with van der Waals surface area (Å²) < 4.78 is 22.4. The quantitative estimate of drug-likeness (QED) is 0.716. The van der Waals surface area contributed by atoms with Gasteiger partial charge in [-0.3, -0.25) is 0 Å². The van der Waals surface area contributed by atoms with Gasteiger partial charge in [0.05, 0.1) is 10.5 Å². The first kappa shape index (κ1) is 12.1. The van der Waals surface area contributed by atoms with Crippen LogP contribution in [0.15, 0.2) is 27.6 Å². The van der Waals surface area contributed by atoms with Gasteiger partial charge in [-0.25, -0.2) is 13.2 Å². The number of hydrogen-bond donors (Lipinski definition) is 3. The van der Waals surface area contributed by atoms with Crippen LogP contribution in [0.5, 0.6) is 0 Å². The molecule has 0 unspecified atom stereocenters. The lowest BCUT2D eigenvalue weighted by molar-refractivity contribution is 0.0696. The lowest BCUT2D eigenvalue weighted by Gasteiger charge is -2.04. The largest absolute Gasteiger partial charge is 0.478 e. The van der Waals surface area contributed by atoms with Crippen LogP contribution in [0, 0.1) is 0 Å². The van der Waals surface area contributed by atoms with Crippen LogP contribution < -0.4 is 4.89 Å². The van der Waals surface area contributed by atoms with Gasteiger partial charge in [0.25, 0.3) is 10.0 Å². The number of sulfonamides is 1. The SMILES string of the molecule is O=C(O)c1ccc(S(=O)(=O)NO)c(Br)c1. The molecular weight excluding hydrogens is 290 g/mol. The number of carbonyl (C=O) groups is 1. The molecule has 3 N–H and O–H groups in total. The van der Waals surface area contributed by atoms with Gasteiger partial charge in [-0.05, 0) is 34.1 Å². The number of carboxylic acids is 1. The average molecular weight is 296 g/mol. The number of hydrogen-bond acceptors (Lipinski definition) is 4. The molecule has 8 heteroatoms. The lowest BCUT2D eigenvalue weighted by atomic mass is 10.2. The van der Waals surface area contributed by atoms with Gasteiger partial charge in [-0.1, -0.05) is 4.89 Å². The van der Waals surface area contributed by atoms with E-state index in [1.807, 2.05) is 0 Å². The fourth-order valence-corrected chi connectivity index (χ4v) is 2.58. The molecule has 0 saturated heterocycles. The van der Waals surface area contributed by atoms with Crippen molar-refractivity contribution in [3.8, 4) is 0 Å². The predicted molar refractivity (Wildman–Crippen MR) is 53.2 cm³/mol. The number of rotatable bonds is 3. The highest BCUT2D eigenvalue weighted by Gasteiger charge is 2.17. The third-order valence-corrected chi connectivity index (χ3v) is 3.68. The van der Waals surface area contributed by atoms with Gasteiger partial charge in [-0.2, -0.15) is 0 Å². The molecule has 6 nitrogen and oxygen atoms in total. The summed E-state index contributed by atoms with van der Waals surface area (Å²) in [6.45, 7) is 0. The molecule has 0 aliphatic heterocycles. The highest BCUT2D eigenvalue weighted by atomic mass is 79.9. The predicted octanol–water partition coefficient (Wildman–Crippen LogP) is 0.815. The van der Waals surface area contributed by atoms with E-state index in [1.165, 1.54) is 0 Å². The molecule has 0 fully saturated rings. The number of benzene rings is 1. The number of aromatic carboxylic acids is 1. The summed E-state index contributed by atoms with van der Waals surface area (Å²) in [7, 11) is -4.01. The Bertz CT molecular complexity index is 498. The second kappa shape index (κ2) is 4.27. The summed E-state index contributed by atoms with van der Waals surface area (Å²) >= 11 is 2.90. The summed E-state index contributed by atoms with van der Waals surface area (Å²) in [4.78, 5) is 11.4. The number of halogens is 1. The van der Waals surface area contributed by atoms with Crippen LogP contribution in [0.4, 0.5) is 0 Å². The smallest absolute Gasteiger partial charge is 0.335 e. The van der Waals surface area contributed by atoms with Crippen LogP contribution in [0.1, 0.15) is 10.4 Å². The van der Waals surface area contributed by atoms with E-state index in [0.717, 1.165) is 23.1 Å². The zero-order valence-corrected chi connectivity index (χ0v) is 9.54. The van der Waals surface area contributed by atoms with Crippen LogP contribution in [0.2, 0.25) is 0 Å². The average Bonchev–Trinajstić information content (AvgIpc) is 2.17. The Morgan fingerprint density at radius 2 is 2.00 bits per heavy atom. The molecule has 0 aliphatic rings. The van der Waals surface area contributed by atoms with Gasteiger partial charge >= 0.3 is 5.97 Å². The van der Waals surface area contributed by atoms with Gasteiger partial charge in [-0.15, -0.1) is 0 Å². The summed E-state index contributed by atoms with van der Waals surface area (Å²) in [5.74, 6) is -1.17. The van der Waals surface area contributed by atoms with Crippen molar-refractivity contribution < 1.29 is 23.5 Å². The van der Waals surface area contributed by atoms with E-state index in [2.05, 4.69) is 15.9 Å². The molecular formula is C7H6BrNO5S. The van der Waals surface area contributed by atoms with E-state index >= 15 is 0 Å². The van der Waals surface area contributed by atoms with Crippen molar-refractivity contribution in [1.29, 1.82) is 0 Å². The summed E-state index contributed by atoms with van der Waals surface area (Å²) in [5, 5.41) is 17.0. The zero-order valence-electron chi connectivity index (χ0n) is 7.14. The molecule has 1 aromatic rings. The molecule has 0 amide bonds. The standard InChI is InChI=1S/C7H6BrNO5S/c8-5-3-4(7(10)11)1-2-6(5)15(13,14)9-12/h1-3,9,12H,(H,10,11). The minimum Gasteiger partial charge on any atom is -0.478 e. The first-order chi connectivity index (χ1) is 6.88. The molecule has 82 valence electrons. The summed E-state index contributed by atoms with van der Waals surface area (Å²) in [5.41, 5.74) is -0.0567. The van der Waals surface area contributed by atoms with Crippen molar-refractivity contribution in [2.75, 3.05) is 0 Å². The van der Waals surface area contributed by atoms with Crippen molar-refractivity contribution in [2.45, 2.75) is 4.90 Å². The minimum atomic E-state index is -4.01. The minimum absolute atomic E-state index is 0.0567. The Kier molecular flexibility index (Phi) is 3.45. The van der Waals surface area contributed by atoms with Gasteiger partial charge in [0.1, 0.15) is 0 Å². The Morgan fingerprint density at radius 3 is 2.40 bits per heavy atom. The maximum atomic E-state index is 11.2. The van der Waals surface area contributed by atoms with Gasteiger partial charge in [0.15, 0.2) is 0 Å². The van der Waals surface area contributed by atoms with E-state index in [-0.39, 0.29) is 14.9 Å². The van der Waals surface area contributed by atoms with Gasteiger partial charge in [0.2, 0.25) is 0 Å². The second-order valence-corrected chi connectivity index (χ2v) is 5.03. The topological polar surface area (TPSA) is 104 Å². The first-order valence-corrected chi connectivity index (χ1v) is 5.85. The molecule has 0 atom stereocenters. The molecule has 15 heavy (non-hydrogen) atoms. The molecule has 0 saturated carbocycles. The molecule has 0 heterocycles. The second-order valence-electron chi connectivity index (χ2n) is 2.55. The van der Waals surface area contributed by atoms with Crippen LogP contribution in [0.25, 0.3) is 0 Å². The monoisotopic (exact) mass is 295 g/mol. The zero-order chi connectivity index (χ0) is 11.6. The summed E-state index contributed by atoms with van der Waals surface area (Å²) in [6.07, 6.45) is 0. The van der Waals surface area contributed by atoms with Gasteiger partial charge in [0, 0.05) is 4.47 Å². The maximum Gasteiger partial charge on any atom is 0.335 e. The van der Waals surface area contributed by atoms with Crippen LogP contribution in [-0.2, 0) is 10.0 Å². The van der Waals surface area contributed by atoms with Crippen LogP contribution in [0.3, 0.4) is 0 Å². The molecule has 1 rings (SSSR count). The molecule has 0 spiro atoms. The highest BCUT2D eigenvalue weighted by Crippen LogP contribution is 2.22. The summed E-state index contributed by atoms with van der Waals surface area (Å²) in [6, 6.07) is 3.33. The third-order valence-electron chi connectivity index (χ3n) is 1.59. The van der Waals surface area contributed by atoms with Crippen molar-refractivity contribution >= 4 is 31.9 Å². The van der Waals surface area contributed by atoms with E-state index in [0.29, 0.717) is 0 Å². The van der Waals surface area contributed by atoms with Crippen molar-refractivity contribution in [1.82, 2.24) is 4.89 Å². The van der Waals surface area contributed by atoms with E-state index in [4.69, 9.17) is 10.3 Å². The van der Waals surface area contributed by atoms with Crippen LogP contribution >= 0.6 is 15.9 Å². The van der Waals surface area contributed by atoms with E-state index in [1.54, 1.807) is 0 Å². The normalized spacial score (nSPS) is 11.3. The highest BCUT2D eigenvalue weighted by molar-refractivity contribution is 9.10. The molecule has 0 aliphatic carbocycles. The number of carboxylic acid groups (broad SMARTS) is 1. The molecule has 0 radical (unpaired) electrons. The van der Waals surface area contributed by atoms with Crippen molar-refractivity contribution in [3.05, 3.63) is 28.2 Å². The van der Waals surface area contributed by atoms with Crippen molar-refractivity contribution in [3.63, 3.8) is 0 Å². The Labute approximate surface area is 93.7 Å².